The minimum Gasteiger partial charge on any atom is -0.310 e. The van der Waals surface area contributed by atoms with Gasteiger partial charge in [0, 0.05) is 26.1 Å². The van der Waals surface area contributed by atoms with Gasteiger partial charge in [0.2, 0.25) is 0 Å². The summed E-state index contributed by atoms with van der Waals surface area (Å²) >= 11 is 1.74. The van der Waals surface area contributed by atoms with E-state index in [9.17, 15) is 0 Å². The average Bonchev–Trinajstić information content (AvgIpc) is 2.90. The average molecular weight is 236 g/mol. The summed E-state index contributed by atoms with van der Waals surface area (Å²) in [5.74, 6) is 1.02. The van der Waals surface area contributed by atoms with E-state index in [2.05, 4.69) is 39.1 Å². The zero-order valence-electron chi connectivity index (χ0n) is 9.55. The standard InChI is InChI=1S/C11H16N4S/c1-9(10-4-6-16-7-10)12-5-3-11-13-8-14-15(11)2/h4,6-9,12H,3,5H2,1-2H3. The quantitative estimate of drug-likeness (QED) is 0.860. The van der Waals surface area contributed by atoms with E-state index in [-0.39, 0.29) is 0 Å². The molecule has 0 saturated heterocycles. The molecule has 1 N–H and O–H groups in total. The minimum atomic E-state index is 0.402. The van der Waals surface area contributed by atoms with Crippen LogP contribution in [0.2, 0.25) is 0 Å². The van der Waals surface area contributed by atoms with E-state index in [4.69, 9.17) is 0 Å². The highest BCUT2D eigenvalue weighted by molar-refractivity contribution is 7.07. The van der Waals surface area contributed by atoms with Crippen LogP contribution in [0, 0.1) is 0 Å². The Kier molecular flexibility index (Phi) is 3.69. The maximum absolute atomic E-state index is 4.19. The largest absolute Gasteiger partial charge is 0.310 e. The van der Waals surface area contributed by atoms with Crippen LogP contribution < -0.4 is 5.32 Å². The smallest absolute Gasteiger partial charge is 0.138 e. The predicted octanol–water partition coefficient (Wildman–Crippen LogP) is 1.77. The Hall–Kier alpha value is -1.20. The lowest BCUT2D eigenvalue weighted by Crippen LogP contribution is -2.22. The van der Waals surface area contributed by atoms with Crippen LogP contribution in [0.4, 0.5) is 0 Å². The number of thiophene rings is 1. The van der Waals surface area contributed by atoms with Gasteiger partial charge in [0.15, 0.2) is 0 Å². The van der Waals surface area contributed by atoms with Gasteiger partial charge in [-0.1, -0.05) is 0 Å². The van der Waals surface area contributed by atoms with E-state index in [0.29, 0.717) is 6.04 Å². The van der Waals surface area contributed by atoms with Crippen LogP contribution in [0.5, 0.6) is 0 Å². The third-order valence-electron chi connectivity index (χ3n) is 2.65. The van der Waals surface area contributed by atoms with E-state index in [0.717, 1.165) is 18.8 Å². The van der Waals surface area contributed by atoms with E-state index in [1.807, 2.05) is 11.7 Å². The van der Waals surface area contributed by atoms with Crippen molar-refractivity contribution in [1.82, 2.24) is 20.1 Å². The summed E-state index contributed by atoms with van der Waals surface area (Å²) in [6.45, 7) is 3.10. The molecule has 0 bridgehead atoms. The first-order valence-corrected chi connectivity index (χ1v) is 6.30. The second-order valence-corrected chi connectivity index (χ2v) is 4.56. The second-order valence-electron chi connectivity index (χ2n) is 3.78. The Labute approximate surface area is 99.3 Å². The van der Waals surface area contributed by atoms with Gasteiger partial charge in [-0.15, -0.1) is 0 Å². The van der Waals surface area contributed by atoms with Gasteiger partial charge in [-0.05, 0) is 29.3 Å². The summed E-state index contributed by atoms with van der Waals surface area (Å²) in [6.07, 6.45) is 2.50. The van der Waals surface area contributed by atoms with Crippen molar-refractivity contribution in [2.24, 2.45) is 7.05 Å². The molecular formula is C11H16N4S. The van der Waals surface area contributed by atoms with Crippen molar-refractivity contribution in [3.8, 4) is 0 Å². The van der Waals surface area contributed by atoms with E-state index < -0.39 is 0 Å². The number of nitrogens with zero attached hydrogens (tertiary/aromatic N) is 3. The fourth-order valence-electron chi connectivity index (χ4n) is 1.59. The molecule has 0 spiro atoms. The molecular weight excluding hydrogens is 220 g/mol. The molecule has 86 valence electrons. The molecule has 0 amide bonds. The SMILES string of the molecule is CC(NCCc1ncnn1C)c1ccsc1. The lowest BCUT2D eigenvalue weighted by Gasteiger charge is -2.11. The van der Waals surface area contributed by atoms with Crippen molar-refractivity contribution >= 4 is 11.3 Å². The van der Waals surface area contributed by atoms with Crippen LogP contribution in [-0.4, -0.2) is 21.3 Å². The lowest BCUT2D eigenvalue weighted by molar-refractivity contribution is 0.561. The molecule has 5 heteroatoms. The summed E-state index contributed by atoms with van der Waals surface area (Å²) < 4.78 is 1.82. The first-order chi connectivity index (χ1) is 7.77. The molecule has 0 radical (unpaired) electrons. The fourth-order valence-corrected chi connectivity index (χ4v) is 2.34. The maximum atomic E-state index is 4.19. The van der Waals surface area contributed by atoms with Gasteiger partial charge in [-0.25, -0.2) is 4.98 Å². The summed E-state index contributed by atoms with van der Waals surface area (Å²) in [4.78, 5) is 4.19. The summed E-state index contributed by atoms with van der Waals surface area (Å²) in [5, 5.41) is 11.8. The van der Waals surface area contributed by atoms with Gasteiger partial charge in [0.1, 0.15) is 12.2 Å². The predicted molar refractivity (Wildman–Crippen MR) is 65.4 cm³/mol. The van der Waals surface area contributed by atoms with Crippen LogP contribution in [-0.2, 0) is 13.5 Å². The molecule has 4 nitrogen and oxygen atoms in total. The monoisotopic (exact) mass is 236 g/mol. The first kappa shape index (κ1) is 11.3. The van der Waals surface area contributed by atoms with Crippen LogP contribution in [0.3, 0.4) is 0 Å². The van der Waals surface area contributed by atoms with Crippen LogP contribution in [0.25, 0.3) is 0 Å². The molecule has 0 saturated carbocycles. The minimum absolute atomic E-state index is 0.402. The zero-order chi connectivity index (χ0) is 11.4. The van der Waals surface area contributed by atoms with Gasteiger partial charge >= 0.3 is 0 Å². The zero-order valence-corrected chi connectivity index (χ0v) is 10.4. The lowest BCUT2D eigenvalue weighted by atomic mass is 10.2. The Morgan fingerprint density at radius 1 is 1.56 bits per heavy atom. The molecule has 0 aromatic carbocycles. The number of rotatable bonds is 5. The number of hydrogen-bond donors (Lipinski definition) is 1. The van der Waals surface area contributed by atoms with Crippen LogP contribution in [0.15, 0.2) is 23.2 Å². The molecule has 0 aliphatic carbocycles. The van der Waals surface area contributed by atoms with Crippen molar-refractivity contribution in [1.29, 1.82) is 0 Å². The van der Waals surface area contributed by atoms with Gasteiger partial charge in [-0.2, -0.15) is 16.4 Å². The molecule has 0 aliphatic rings. The Bertz CT molecular complexity index is 421. The van der Waals surface area contributed by atoms with Crippen LogP contribution >= 0.6 is 11.3 Å². The number of nitrogens with one attached hydrogen (secondary N) is 1. The summed E-state index contributed by atoms with van der Waals surface area (Å²) in [7, 11) is 1.92. The molecule has 0 aliphatic heterocycles. The van der Waals surface area contributed by atoms with Gasteiger partial charge in [-0.3, -0.25) is 4.68 Å². The normalized spacial score (nSPS) is 12.9. The molecule has 2 aromatic heterocycles. The second kappa shape index (κ2) is 5.23. The summed E-state index contributed by atoms with van der Waals surface area (Å²) in [6, 6.07) is 2.56. The molecule has 1 unspecified atom stereocenters. The molecule has 2 heterocycles. The highest BCUT2D eigenvalue weighted by Crippen LogP contribution is 2.15. The van der Waals surface area contributed by atoms with Crippen molar-refractivity contribution in [2.45, 2.75) is 19.4 Å². The molecule has 16 heavy (non-hydrogen) atoms. The van der Waals surface area contributed by atoms with E-state index >= 15 is 0 Å². The van der Waals surface area contributed by atoms with E-state index in [1.54, 1.807) is 17.7 Å². The number of aromatic nitrogens is 3. The number of hydrogen-bond acceptors (Lipinski definition) is 4. The fraction of sp³-hybridized carbons (Fsp3) is 0.455. The third kappa shape index (κ3) is 2.68. The van der Waals surface area contributed by atoms with Gasteiger partial charge in [0.25, 0.3) is 0 Å². The first-order valence-electron chi connectivity index (χ1n) is 5.35. The van der Waals surface area contributed by atoms with Gasteiger partial charge < -0.3 is 5.32 Å². The molecule has 2 rings (SSSR count). The highest BCUT2D eigenvalue weighted by Gasteiger charge is 2.05. The Morgan fingerprint density at radius 3 is 3.06 bits per heavy atom. The molecule has 2 aromatic rings. The van der Waals surface area contributed by atoms with Crippen molar-refractivity contribution < 1.29 is 0 Å². The van der Waals surface area contributed by atoms with Crippen molar-refractivity contribution in [3.05, 3.63) is 34.5 Å². The highest BCUT2D eigenvalue weighted by atomic mass is 32.1. The topological polar surface area (TPSA) is 42.7 Å². The van der Waals surface area contributed by atoms with Crippen molar-refractivity contribution in [3.63, 3.8) is 0 Å². The summed E-state index contributed by atoms with van der Waals surface area (Å²) in [5.41, 5.74) is 1.35. The Balaban J connectivity index is 1.78. The maximum Gasteiger partial charge on any atom is 0.138 e. The van der Waals surface area contributed by atoms with Gasteiger partial charge in [0.05, 0.1) is 0 Å². The van der Waals surface area contributed by atoms with Crippen LogP contribution in [0.1, 0.15) is 24.4 Å². The Morgan fingerprint density at radius 2 is 2.44 bits per heavy atom. The third-order valence-corrected chi connectivity index (χ3v) is 3.35. The van der Waals surface area contributed by atoms with Crippen molar-refractivity contribution in [2.75, 3.05) is 6.54 Å². The number of aryl methyl sites for hydroxylation is 1. The molecule has 0 fully saturated rings. The van der Waals surface area contributed by atoms with E-state index in [1.165, 1.54) is 5.56 Å². The molecule has 1 atom stereocenters.